The van der Waals surface area contributed by atoms with Crippen LogP contribution < -0.4 is 5.73 Å². The van der Waals surface area contributed by atoms with Crippen molar-refractivity contribution in [2.45, 2.75) is 50.2 Å². The molecule has 2 aliphatic carbocycles. The van der Waals surface area contributed by atoms with Crippen LogP contribution in [-0.2, 0) is 10.0 Å². The third-order valence-electron chi connectivity index (χ3n) is 4.36. The van der Waals surface area contributed by atoms with E-state index < -0.39 is 10.0 Å². The Morgan fingerprint density at radius 2 is 1.82 bits per heavy atom. The largest absolute Gasteiger partial charge is 0.330 e. The normalized spacial score (nSPS) is 25.1. The van der Waals surface area contributed by atoms with E-state index in [2.05, 4.69) is 0 Å². The van der Waals surface area contributed by atoms with Crippen molar-refractivity contribution >= 4 is 10.0 Å². The van der Waals surface area contributed by atoms with Gasteiger partial charge < -0.3 is 5.73 Å². The molecule has 0 heterocycles. The minimum Gasteiger partial charge on any atom is -0.330 e. The molecule has 0 atom stereocenters. The van der Waals surface area contributed by atoms with Crippen molar-refractivity contribution < 1.29 is 8.42 Å². The van der Waals surface area contributed by atoms with Gasteiger partial charge in [-0.1, -0.05) is 19.3 Å². The third-order valence-corrected chi connectivity index (χ3v) is 6.67. The Balaban J connectivity index is 1.99. The highest BCUT2D eigenvalue weighted by Crippen LogP contribution is 2.45. The first-order valence-electron chi connectivity index (χ1n) is 6.65. The lowest BCUT2D eigenvalue weighted by atomic mass is 10.0. The van der Waals surface area contributed by atoms with Crippen molar-refractivity contribution in [1.29, 1.82) is 0 Å². The molecule has 0 amide bonds. The van der Waals surface area contributed by atoms with E-state index in [4.69, 9.17) is 5.73 Å². The van der Waals surface area contributed by atoms with Crippen molar-refractivity contribution in [3.63, 3.8) is 0 Å². The Labute approximate surface area is 105 Å². The number of nitrogens with two attached hydrogens (primary N) is 1. The molecule has 2 aliphatic rings. The van der Waals surface area contributed by atoms with E-state index in [0.717, 1.165) is 38.5 Å². The Morgan fingerprint density at radius 3 is 2.29 bits per heavy atom. The van der Waals surface area contributed by atoms with Gasteiger partial charge in [0.15, 0.2) is 0 Å². The van der Waals surface area contributed by atoms with Gasteiger partial charge in [-0.3, -0.25) is 0 Å². The van der Waals surface area contributed by atoms with Gasteiger partial charge >= 0.3 is 0 Å². The summed E-state index contributed by atoms with van der Waals surface area (Å²) in [4.78, 5) is 0. The molecule has 17 heavy (non-hydrogen) atoms. The van der Waals surface area contributed by atoms with Crippen LogP contribution in [0.3, 0.4) is 0 Å². The molecule has 0 aromatic carbocycles. The van der Waals surface area contributed by atoms with Crippen molar-refractivity contribution in [3.05, 3.63) is 0 Å². The van der Waals surface area contributed by atoms with E-state index >= 15 is 0 Å². The van der Waals surface area contributed by atoms with Crippen LogP contribution in [0.15, 0.2) is 0 Å². The molecule has 0 bridgehead atoms. The second-order valence-electron chi connectivity index (χ2n) is 5.77. The summed E-state index contributed by atoms with van der Waals surface area (Å²) in [5.41, 5.74) is 5.81. The fourth-order valence-electron chi connectivity index (χ4n) is 2.78. The zero-order valence-electron chi connectivity index (χ0n) is 10.7. The molecule has 0 spiro atoms. The molecule has 0 unspecified atom stereocenters. The smallest absolute Gasteiger partial charge is 0.216 e. The van der Waals surface area contributed by atoms with Gasteiger partial charge in [0, 0.05) is 13.6 Å². The summed E-state index contributed by atoms with van der Waals surface area (Å²) in [6.45, 7) is 1.22. The van der Waals surface area contributed by atoms with Crippen molar-refractivity contribution in [2.75, 3.05) is 20.1 Å². The molecule has 0 aromatic heterocycles. The van der Waals surface area contributed by atoms with E-state index in [1.807, 2.05) is 0 Å². The van der Waals surface area contributed by atoms with Gasteiger partial charge in [0.05, 0.1) is 5.25 Å². The molecule has 0 radical (unpaired) electrons. The molecular weight excluding hydrogens is 236 g/mol. The first-order chi connectivity index (χ1) is 8.00. The molecule has 2 saturated carbocycles. The molecule has 0 aliphatic heterocycles. The van der Waals surface area contributed by atoms with Gasteiger partial charge in [-0.2, -0.15) is 0 Å². The number of hydrogen-bond acceptors (Lipinski definition) is 3. The number of nitrogens with zero attached hydrogens (tertiary/aromatic N) is 1. The van der Waals surface area contributed by atoms with E-state index in [-0.39, 0.29) is 10.7 Å². The van der Waals surface area contributed by atoms with E-state index in [1.165, 1.54) is 6.42 Å². The predicted molar refractivity (Wildman–Crippen MR) is 69.1 cm³/mol. The maximum absolute atomic E-state index is 12.4. The van der Waals surface area contributed by atoms with Crippen LogP contribution in [0.4, 0.5) is 0 Å². The molecule has 2 fully saturated rings. The van der Waals surface area contributed by atoms with Crippen LogP contribution in [0, 0.1) is 5.41 Å². The second-order valence-corrected chi connectivity index (χ2v) is 8.09. The lowest BCUT2D eigenvalue weighted by molar-refractivity contribution is 0.359. The zero-order chi connectivity index (χ0) is 12.5. The van der Waals surface area contributed by atoms with Crippen molar-refractivity contribution in [3.8, 4) is 0 Å². The molecule has 2 N–H and O–H groups in total. The van der Waals surface area contributed by atoms with Crippen LogP contribution in [0.2, 0.25) is 0 Å². The topological polar surface area (TPSA) is 63.4 Å². The Kier molecular flexibility index (Phi) is 3.80. The van der Waals surface area contributed by atoms with E-state index in [9.17, 15) is 8.42 Å². The first kappa shape index (κ1) is 13.3. The predicted octanol–water partition coefficient (Wildman–Crippen LogP) is 1.32. The second kappa shape index (κ2) is 4.86. The zero-order valence-corrected chi connectivity index (χ0v) is 11.5. The molecule has 5 heteroatoms. The average Bonchev–Trinajstić information content (AvgIpc) is 3.10. The minimum absolute atomic E-state index is 0.0937. The molecular formula is C12H24N2O2S. The van der Waals surface area contributed by atoms with Crippen LogP contribution in [0.25, 0.3) is 0 Å². The number of hydrogen-bond donors (Lipinski definition) is 1. The highest BCUT2D eigenvalue weighted by Gasteiger charge is 2.44. The maximum atomic E-state index is 12.4. The molecule has 4 nitrogen and oxygen atoms in total. The van der Waals surface area contributed by atoms with E-state index in [0.29, 0.717) is 13.1 Å². The quantitative estimate of drug-likeness (QED) is 0.811. The summed E-state index contributed by atoms with van der Waals surface area (Å²) in [5, 5.41) is -0.144. The third kappa shape index (κ3) is 2.83. The van der Waals surface area contributed by atoms with Gasteiger partial charge in [0.25, 0.3) is 0 Å². The number of rotatable bonds is 5. The SMILES string of the molecule is CN(CC1(CN)CC1)S(=O)(=O)C1CCCCC1. The summed E-state index contributed by atoms with van der Waals surface area (Å²) in [6, 6.07) is 0. The monoisotopic (exact) mass is 260 g/mol. The van der Waals surface area contributed by atoms with Crippen molar-refractivity contribution in [2.24, 2.45) is 11.1 Å². The van der Waals surface area contributed by atoms with E-state index in [1.54, 1.807) is 11.4 Å². The fourth-order valence-corrected chi connectivity index (χ4v) is 4.68. The Morgan fingerprint density at radius 1 is 1.24 bits per heavy atom. The van der Waals surface area contributed by atoms with Gasteiger partial charge in [-0.25, -0.2) is 12.7 Å². The summed E-state index contributed by atoms with van der Waals surface area (Å²) >= 11 is 0. The van der Waals surface area contributed by atoms with Crippen molar-refractivity contribution in [1.82, 2.24) is 4.31 Å². The fraction of sp³-hybridized carbons (Fsp3) is 1.00. The lowest BCUT2D eigenvalue weighted by Crippen LogP contribution is -2.41. The van der Waals surface area contributed by atoms with Gasteiger partial charge in [0.2, 0.25) is 10.0 Å². The lowest BCUT2D eigenvalue weighted by Gasteiger charge is -2.29. The minimum atomic E-state index is -3.09. The molecule has 2 rings (SSSR count). The average molecular weight is 260 g/mol. The Bertz CT molecular complexity index is 357. The summed E-state index contributed by atoms with van der Waals surface area (Å²) in [7, 11) is -1.37. The van der Waals surface area contributed by atoms with Gasteiger partial charge in [-0.05, 0) is 37.6 Å². The van der Waals surface area contributed by atoms with Crippen LogP contribution in [0.5, 0.6) is 0 Å². The van der Waals surface area contributed by atoms with Crippen LogP contribution in [-0.4, -0.2) is 38.1 Å². The van der Waals surface area contributed by atoms with Gasteiger partial charge in [0.1, 0.15) is 0 Å². The number of sulfonamides is 1. The maximum Gasteiger partial charge on any atom is 0.216 e. The van der Waals surface area contributed by atoms with Crippen LogP contribution >= 0.6 is 0 Å². The summed E-state index contributed by atoms with van der Waals surface area (Å²) in [6.07, 6.45) is 7.12. The highest BCUT2D eigenvalue weighted by atomic mass is 32.2. The van der Waals surface area contributed by atoms with Crippen LogP contribution in [0.1, 0.15) is 44.9 Å². The van der Waals surface area contributed by atoms with Gasteiger partial charge in [-0.15, -0.1) is 0 Å². The molecule has 0 aromatic rings. The highest BCUT2D eigenvalue weighted by molar-refractivity contribution is 7.89. The standard InChI is InChI=1S/C12H24N2O2S/c1-14(10-12(9-13)7-8-12)17(15,16)11-5-3-2-4-6-11/h11H,2-10,13H2,1H3. The first-order valence-corrected chi connectivity index (χ1v) is 8.16. The summed E-state index contributed by atoms with van der Waals surface area (Å²) < 4.78 is 26.4. The molecule has 0 saturated heterocycles. The summed E-state index contributed by atoms with van der Waals surface area (Å²) in [5.74, 6) is 0. The Hall–Kier alpha value is -0.130. The molecule has 100 valence electrons.